The summed E-state index contributed by atoms with van der Waals surface area (Å²) < 4.78 is 0. The average molecular weight is 255 g/mol. The lowest BCUT2D eigenvalue weighted by Gasteiger charge is -2.13. The Kier molecular flexibility index (Phi) is 4.31. The molecule has 0 spiro atoms. The van der Waals surface area contributed by atoms with Gasteiger partial charge in [0.05, 0.1) is 5.92 Å². The van der Waals surface area contributed by atoms with Crippen LogP contribution in [0.15, 0.2) is 54.6 Å². The van der Waals surface area contributed by atoms with Gasteiger partial charge in [-0.1, -0.05) is 54.6 Å². The van der Waals surface area contributed by atoms with Gasteiger partial charge in [0.2, 0.25) is 0 Å². The predicted octanol–water partition coefficient (Wildman–Crippen LogP) is 2.56. The van der Waals surface area contributed by atoms with E-state index in [4.69, 9.17) is 10.8 Å². The molecule has 98 valence electrons. The number of carboxylic acids is 1. The Labute approximate surface area is 112 Å². The van der Waals surface area contributed by atoms with Crippen LogP contribution < -0.4 is 5.73 Å². The van der Waals surface area contributed by atoms with Crippen LogP contribution in [0.4, 0.5) is 0 Å². The number of aliphatic carboxylic acids is 1. The summed E-state index contributed by atoms with van der Waals surface area (Å²) in [6.07, 6.45) is 0.455. The number of nitrogens with two attached hydrogens (primary N) is 1. The highest BCUT2D eigenvalue weighted by Crippen LogP contribution is 2.25. The Balaban J connectivity index is 2.34. The Morgan fingerprint density at radius 2 is 1.68 bits per heavy atom. The van der Waals surface area contributed by atoms with Gasteiger partial charge in [0, 0.05) is 6.54 Å². The molecule has 0 aromatic heterocycles. The van der Waals surface area contributed by atoms with Crippen LogP contribution in [0.2, 0.25) is 0 Å². The molecule has 0 fully saturated rings. The Bertz CT molecular complexity index is 552. The Morgan fingerprint density at radius 1 is 1.05 bits per heavy atom. The lowest BCUT2D eigenvalue weighted by atomic mass is 9.92. The smallest absolute Gasteiger partial charge is 0.308 e. The minimum atomic E-state index is -0.842. The van der Waals surface area contributed by atoms with Crippen molar-refractivity contribution in [1.82, 2.24) is 0 Å². The summed E-state index contributed by atoms with van der Waals surface area (Å²) in [7, 11) is 0. The van der Waals surface area contributed by atoms with Crippen molar-refractivity contribution in [2.24, 2.45) is 11.7 Å². The van der Waals surface area contributed by atoms with E-state index in [9.17, 15) is 4.79 Å². The second-order valence-electron chi connectivity index (χ2n) is 4.50. The molecule has 3 heteroatoms. The van der Waals surface area contributed by atoms with E-state index in [0.29, 0.717) is 6.42 Å². The maximum atomic E-state index is 11.1. The van der Waals surface area contributed by atoms with Gasteiger partial charge in [0.25, 0.3) is 0 Å². The van der Waals surface area contributed by atoms with Gasteiger partial charge in [0.15, 0.2) is 0 Å². The first-order chi connectivity index (χ1) is 9.22. The van der Waals surface area contributed by atoms with E-state index in [-0.39, 0.29) is 6.54 Å². The summed E-state index contributed by atoms with van der Waals surface area (Å²) in [5.74, 6) is -1.38. The minimum absolute atomic E-state index is 0.151. The lowest BCUT2D eigenvalue weighted by Crippen LogP contribution is -2.25. The Hall–Kier alpha value is -2.13. The third-order valence-electron chi connectivity index (χ3n) is 3.20. The largest absolute Gasteiger partial charge is 0.481 e. The fraction of sp³-hybridized carbons (Fsp3) is 0.188. The molecule has 2 aromatic carbocycles. The van der Waals surface area contributed by atoms with Crippen molar-refractivity contribution < 1.29 is 9.90 Å². The summed E-state index contributed by atoms with van der Waals surface area (Å²) in [6.45, 7) is 0.151. The summed E-state index contributed by atoms with van der Waals surface area (Å²) in [5.41, 5.74) is 8.72. The number of carbonyl (C=O) groups is 1. The van der Waals surface area contributed by atoms with E-state index in [2.05, 4.69) is 0 Å². The normalized spacial score (nSPS) is 12.1. The van der Waals surface area contributed by atoms with Crippen molar-refractivity contribution in [3.05, 3.63) is 60.2 Å². The molecule has 0 heterocycles. The van der Waals surface area contributed by atoms with E-state index in [1.807, 2.05) is 54.6 Å². The first kappa shape index (κ1) is 13.3. The maximum Gasteiger partial charge on any atom is 0.308 e. The molecule has 0 aliphatic heterocycles. The summed E-state index contributed by atoms with van der Waals surface area (Å²) in [4.78, 5) is 11.1. The second-order valence-corrected chi connectivity index (χ2v) is 4.50. The maximum absolute atomic E-state index is 11.1. The molecular formula is C16H17NO2. The van der Waals surface area contributed by atoms with E-state index in [1.165, 1.54) is 0 Å². The molecule has 2 rings (SSSR count). The van der Waals surface area contributed by atoms with Gasteiger partial charge < -0.3 is 10.8 Å². The Morgan fingerprint density at radius 3 is 2.32 bits per heavy atom. The van der Waals surface area contributed by atoms with Crippen LogP contribution in [0.25, 0.3) is 11.1 Å². The summed E-state index contributed by atoms with van der Waals surface area (Å²) >= 11 is 0. The van der Waals surface area contributed by atoms with Gasteiger partial charge >= 0.3 is 5.97 Å². The van der Waals surface area contributed by atoms with Gasteiger partial charge in [-0.15, -0.1) is 0 Å². The van der Waals surface area contributed by atoms with E-state index in [1.54, 1.807) is 0 Å². The quantitative estimate of drug-likeness (QED) is 0.863. The molecule has 3 nitrogen and oxygen atoms in total. The van der Waals surface area contributed by atoms with E-state index >= 15 is 0 Å². The first-order valence-corrected chi connectivity index (χ1v) is 6.28. The summed E-state index contributed by atoms with van der Waals surface area (Å²) in [6, 6.07) is 17.8. The van der Waals surface area contributed by atoms with Crippen LogP contribution in [0.3, 0.4) is 0 Å². The molecule has 0 aliphatic carbocycles. The van der Waals surface area contributed by atoms with Crippen LogP contribution in [-0.2, 0) is 11.2 Å². The third-order valence-corrected chi connectivity index (χ3v) is 3.20. The van der Waals surface area contributed by atoms with E-state index < -0.39 is 11.9 Å². The molecule has 0 radical (unpaired) electrons. The average Bonchev–Trinajstić information content (AvgIpc) is 2.45. The van der Waals surface area contributed by atoms with Crippen LogP contribution in [0.5, 0.6) is 0 Å². The van der Waals surface area contributed by atoms with Gasteiger partial charge in [-0.25, -0.2) is 0 Å². The lowest BCUT2D eigenvalue weighted by molar-refractivity contribution is -0.141. The molecule has 2 aromatic rings. The van der Waals surface area contributed by atoms with Crippen LogP contribution in [0.1, 0.15) is 5.56 Å². The number of hydrogen-bond acceptors (Lipinski definition) is 2. The molecule has 1 atom stereocenters. The zero-order valence-corrected chi connectivity index (χ0v) is 10.6. The van der Waals surface area contributed by atoms with Crippen LogP contribution in [-0.4, -0.2) is 17.6 Å². The van der Waals surface area contributed by atoms with Crippen molar-refractivity contribution in [3.8, 4) is 11.1 Å². The van der Waals surface area contributed by atoms with Gasteiger partial charge in [-0.3, -0.25) is 4.79 Å². The molecule has 0 saturated heterocycles. The van der Waals surface area contributed by atoms with Crippen molar-refractivity contribution >= 4 is 5.97 Å². The van der Waals surface area contributed by atoms with Gasteiger partial charge in [0.1, 0.15) is 0 Å². The highest BCUT2D eigenvalue weighted by molar-refractivity contribution is 5.73. The van der Waals surface area contributed by atoms with Crippen LogP contribution in [0, 0.1) is 5.92 Å². The van der Waals surface area contributed by atoms with Crippen molar-refractivity contribution in [3.63, 3.8) is 0 Å². The number of benzene rings is 2. The predicted molar refractivity (Wildman–Crippen MR) is 75.8 cm³/mol. The monoisotopic (exact) mass is 255 g/mol. The minimum Gasteiger partial charge on any atom is -0.481 e. The molecular weight excluding hydrogens is 238 g/mol. The molecule has 1 unspecified atom stereocenters. The fourth-order valence-corrected chi connectivity index (χ4v) is 2.13. The highest BCUT2D eigenvalue weighted by atomic mass is 16.4. The molecule has 0 saturated carbocycles. The number of hydrogen-bond donors (Lipinski definition) is 2. The zero-order valence-electron chi connectivity index (χ0n) is 10.6. The molecule has 0 aliphatic rings. The fourth-order valence-electron chi connectivity index (χ4n) is 2.13. The van der Waals surface area contributed by atoms with Gasteiger partial charge in [-0.05, 0) is 23.1 Å². The summed E-state index contributed by atoms with van der Waals surface area (Å²) in [5, 5.41) is 9.12. The van der Waals surface area contributed by atoms with Gasteiger partial charge in [-0.2, -0.15) is 0 Å². The van der Waals surface area contributed by atoms with Crippen molar-refractivity contribution in [2.75, 3.05) is 6.54 Å². The zero-order chi connectivity index (χ0) is 13.7. The molecule has 0 bridgehead atoms. The van der Waals surface area contributed by atoms with E-state index in [0.717, 1.165) is 16.7 Å². The van der Waals surface area contributed by atoms with Crippen molar-refractivity contribution in [1.29, 1.82) is 0 Å². The SMILES string of the molecule is NCC(Cc1ccccc1-c1ccccc1)C(=O)O. The molecule has 0 amide bonds. The topological polar surface area (TPSA) is 63.3 Å². The second kappa shape index (κ2) is 6.16. The first-order valence-electron chi connectivity index (χ1n) is 6.28. The standard InChI is InChI=1S/C16H17NO2/c17-11-14(16(18)19)10-13-8-4-5-9-15(13)12-6-2-1-3-7-12/h1-9,14H,10-11,17H2,(H,18,19). The third kappa shape index (κ3) is 3.20. The number of carboxylic acid groups (broad SMARTS) is 1. The van der Waals surface area contributed by atoms with Crippen molar-refractivity contribution in [2.45, 2.75) is 6.42 Å². The molecule has 3 N–H and O–H groups in total. The van der Waals surface area contributed by atoms with Crippen LogP contribution >= 0.6 is 0 Å². The number of rotatable bonds is 5. The highest BCUT2D eigenvalue weighted by Gasteiger charge is 2.17. The molecule has 19 heavy (non-hydrogen) atoms.